The van der Waals surface area contributed by atoms with E-state index in [9.17, 15) is 0 Å². The van der Waals surface area contributed by atoms with Crippen molar-refractivity contribution in [3.63, 3.8) is 0 Å². The van der Waals surface area contributed by atoms with Gasteiger partial charge in [0, 0.05) is 21.6 Å². The van der Waals surface area contributed by atoms with Gasteiger partial charge in [0.1, 0.15) is 5.75 Å². The van der Waals surface area contributed by atoms with Crippen molar-refractivity contribution in [3.05, 3.63) is 29.6 Å². The summed E-state index contributed by atoms with van der Waals surface area (Å²) in [4.78, 5) is 0. The topological polar surface area (TPSA) is 35.0 Å². The maximum absolute atomic E-state index is 5.37. The zero-order valence-corrected chi connectivity index (χ0v) is 13.5. The second kappa shape index (κ2) is 4.72. The number of fused-ring (bicyclic) bond motifs is 1. The minimum absolute atomic E-state index is 0.0315. The highest BCUT2D eigenvalue weighted by Gasteiger charge is 2.25. The molecule has 0 atom stereocenters. The van der Waals surface area contributed by atoms with E-state index < -0.39 is 0 Å². The molecule has 3 heteroatoms. The minimum atomic E-state index is -0.0476. The van der Waals surface area contributed by atoms with Crippen LogP contribution in [-0.4, -0.2) is 17.3 Å². The smallest absolute Gasteiger partial charge is 0.119 e. The molecule has 0 unspecified atom stereocenters. The van der Waals surface area contributed by atoms with Crippen LogP contribution < -0.4 is 4.74 Å². The van der Waals surface area contributed by atoms with Crippen molar-refractivity contribution >= 4 is 10.8 Å². The van der Waals surface area contributed by atoms with Gasteiger partial charge in [-0.15, -0.1) is 0 Å². The first-order chi connectivity index (χ1) is 9.14. The van der Waals surface area contributed by atoms with E-state index in [1.54, 1.807) is 7.11 Å². The Morgan fingerprint density at radius 2 is 1.30 bits per heavy atom. The predicted molar refractivity (Wildman–Crippen MR) is 83.5 cm³/mol. The van der Waals surface area contributed by atoms with Gasteiger partial charge in [-0.1, -0.05) is 41.5 Å². The number of hydrogen-bond acceptors (Lipinski definition) is 3. The van der Waals surface area contributed by atoms with Crippen LogP contribution in [0.2, 0.25) is 0 Å². The third kappa shape index (κ3) is 2.62. The van der Waals surface area contributed by atoms with Crippen molar-refractivity contribution in [2.75, 3.05) is 7.11 Å². The summed E-state index contributed by atoms with van der Waals surface area (Å²) in [6.07, 6.45) is 0. The van der Waals surface area contributed by atoms with Crippen molar-refractivity contribution in [2.24, 2.45) is 0 Å². The van der Waals surface area contributed by atoms with Gasteiger partial charge in [-0.2, -0.15) is 10.2 Å². The highest BCUT2D eigenvalue weighted by molar-refractivity contribution is 5.89. The second-order valence-electron chi connectivity index (χ2n) is 7.31. The van der Waals surface area contributed by atoms with Gasteiger partial charge in [0.2, 0.25) is 0 Å². The molecule has 0 fully saturated rings. The summed E-state index contributed by atoms with van der Waals surface area (Å²) < 4.78 is 5.37. The number of ether oxygens (including phenoxy) is 1. The van der Waals surface area contributed by atoms with Crippen LogP contribution in [0.25, 0.3) is 10.8 Å². The van der Waals surface area contributed by atoms with Gasteiger partial charge >= 0.3 is 0 Å². The predicted octanol–water partition coefficient (Wildman–Crippen LogP) is 4.23. The fraction of sp³-hybridized carbons (Fsp3) is 0.529. The van der Waals surface area contributed by atoms with Gasteiger partial charge in [-0.3, -0.25) is 0 Å². The number of nitrogens with zero attached hydrogens (tertiary/aromatic N) is 2. The summed E-state index contributed by atoms with van der Waals surface area (Å²) in [5.41, 5.74) is 1.96. The van der Waals surface area contributed by atoms with E-state index in [2.05, 4.69) is 63.9 Å². The molecule has 1 aromatic carbocycles. The van der Waals surface area contributed by atoms with Gasteiger partial charge in [-0.05, 0) is 18.2 Å². The Balaban J connectivity index is 2.86. The van der Waals surface area contributed by atoms with Crippen molar-refractivity contribution < 1.29 is 4.74 Å². The van der Waals surface area contributed by atoms with Crippen LogP contribution >= 0.6 is 0 Å². The summed E-state index contributed by atoms with van der Waals surface area (Å²) in [6, 6.07) is 6.16. The first-order valence-electron chi connectivity index (χ1n) is 7.00. The molecule has 108 valence electrons. The van der Waals surface area contributed by atoms with Crippen LogP contribution in [0.1, 0.15) is 52.9 Å². The highest BCUT2D eigenvalue weighted by atomic mass is 16.5. The highest BCUT2D eigenvalue weighted by Crippen LogP contribution is 2.35. The lowest BCUT2D eigenvalue weighted by molar-refractivity contribution is 0.415. The first kappa shape index (κ1) is 14.8. The van der Waals surface area contributed by atoms with E-state index in [0.29, 0.717) is 0 Å². The zero-order valence-electron chi connectivity index (χ0n) is 13.5. The van der Waals surface area contributed by atoms with Crippen molar-refractivity contribution in [1.82, 2.24) is 10.2 Å². The van der Waals surface area contributed by atoms with E-state index in [-0.39, 0.29) is 10.8 Å². The normalized spacial score (nSPS) is 12.8. The zero-order chi connectivity index (χ0) is 15.1. The standard InChI is InChI=1S/C17H24N2O/c1-16(2,3)14-12-9-8-11(20-7)10-13(12)15(19-18-14)17(4,5)6/h8-10H,1-7H3. The Kier molecular flexibility index (Phi) is 3.49. The van der Waals surface area contributed by atoms with Gasteiger partial charge < -0.3 is 4.74 Å². The fourth-order valence-electron chi connectivity index (χ4n) is 2.37. The molecule has 0 saturated carbocycles. The van der Waals surface area contributed by atoms with E-state index in [4.69, 9.17) is 4.74 Å². The van der Waals surface area contributed by atoms with E-state index in [0.717, 1.165) is 22.5 Å². The number of rotatable bonds is 1. The molecule has 0 bridgehead atoms. The Morgan fingerprint density at radius 1 is 0.800 bits per heavy atom. The SMILES string of the molecule is COc1ccc2c(C(C)(C)C)nnc(C(C)(C)C)c2c1. The molecule has 0 spiro atoms. The van der Waals surface area contributed by atoms with Crippen LogP contribution in [0, 0.1) is 0 Å². The van der Waals surface area contributed by atoms with E-state index in [1.165, 1.54) is 5.39 Å². The van der Waals surface area contributed by atoms with E-state index >= 15 is 0 Å². The van der Waals surface area contributed by atoms with Crippen LogP contribution in [0.3, 0.4) is 0 Å². The Labute approximate surface area is 121 Å². The van der Waals surface area contributed by atoms with Crippen molar-refractivity contribution in [1.29, 1.82) is 0 Å². The first-order valence-corrected chi connectivity index (χ1v) is 7.00. The van der Waals surface area contributed by atoms with Gasteiger partial charge in [0.15, 0.2) is 0 Å². The van der Waals surface area contributed by atoms with Gasteiger partial charge in [0.05, 0.1) is 18.5 Å². The van der Waals surface area contributed by atoms with Crippen LogP contribution in [0.5, 0.6) is 5.75 Å². The summed E-state index contributed by atoms with van der Waals surface area (Å²) in [6.45, 7) is 13.0. The van der Waals surface area contributed by atoms with Crippen molar-refractivity contribution in [2.45, 2.75) is 52.4 Å². The lowest BCUT2D eigenvalue weighted by atomic mass is 9.84. The van der Waals surface area contributed by atoms with Crippen LogP contribution in [-0.2, 0) is 10.8 Å². The lowest BCUT2D eigenvalue weighted by Gasteiger charge is -2.24. The molecular weight excluding hydrogens is 248 g/mol. The Bertz CT molecular complexity index is 634. The third-order valence-electron chi connectivity index (χ3n) is 3.41. The molecule has 0 aliphatic heterocycles. The molecule has 0 amide bonds. The maximum Gasteiger partial charge on any atom is 0.119 e. The number of methoxy groups -OCH3 is 1. The molecule has 1 heterocycles. The molecule has 0 aliphatic carbocycles. The van der Waals surface area contributed by atoms with Crippen molar-refractivity contribution in [3.8, 4) is 5.75 Å². The summed E-state index contributed by atoms with van der Waals surface area (Å²) >= 11 is 0. The lowest BCUT2D eigenvalue weighted by Crippen LogP contribution is -2.20. The van der Waals surface area contributed by atoms with E-state index in [1.807, 2.05) is 6.07 Å². The summed E-state index contributed by atoms with van der Waals surface area (Å²) in [5, 5.41) is 11.3. The summed E-state index contributed by atoms with van der Waals surface area (Å²) in [5.74, 6) is 0.857. The molecule has 0 N–H and O–H groups in total. The minimum Gasteiger partial charge on any atom is -0.497 e. The molecule has 1 aromatic heterocycles. The maximum atomic E-state index is 5.37. The van der Waals surface area contributed by atoms with Gasteiger partial charge in [0.25, 0.3) is 0 Å². The Hall–Kier alpha value is -1.64. The summed E-state index contributed by atoms with van der Waals surface area (Å²) in [7, 11) is 1.69. The second-order valence-corrected chi connectivity index (χ2v) is 7.31. The molecule has 0 saturated heterocycles. The largest absolute Gasteiger partial charge is 0.497 e. The number of aromatic nitrogens is 2. The monoisotopic (exact) mass is 272 g/mol. The fourth-order valence-corrected chi connectivity index (χ4v) is 2.37. The Morgan fingerprint density at radius 3 is 1.75 bits per heavy atom. The quantitative estimate of drug-likeness (QED) is 0.779. The van der Waals surface area contributed by atoms with Crippen LogP contribution in [0.15, 0.2) is 18.2 Å². The molecule has 2 aromatic rings. The average Bonchev–Trinajstić information content (AvgIpc) is 2.34. The molecule has 20 heavy (non-hydrogen) atoms. The molecule has 2 rings (SSSR count). The number of hydrogen-bond donors (Lipinski definition) is 0. The average molecular weight is 272 g/mol. The molecule has 0 radical (unpaired) electrons. The number of benzene rings is 1. The van der Waals surface area contributed by atoms with Crippen LogP contribution in [0.4, 0.5) is 0 Å². The molecular formula is C17H24N2O. The van der Waals surface area contributed by atoms with Gasteiger partial charge in [-0.25, -0.2) is 0 Å². The molecule has 0 aliphatic rings. The third-order valence-corrected chi connectivity index (χ3v) is 3.41. The molecule has 3 nitrogen and oxygen atoms in total.